The molecule has 0 aliphatic carbocycles. The zero-order valence-corrected chi connectivity index (χ0v) is 15.3. The highest BCUT2D eigenvalue weighted by molar-refractivity contribution is 6.01. The predicted molar refractivity (Wildman–Crippen MR) is 98.2 cm³/mol. The van der Waals surface area contributed by atoms with Crippen molar-refractivity contribution in [2.75, 3.05) is 13.1 Å². The molecule has 1 aromatic heterocycles. The van der Waals surface area contributed by atoms with Gasteiger partial charge in [0.2, 0.25) is 0 Å². The van der Waals surface area contributed by atoms with Crippen molar-refractivity contribution in [3.63, 3.8) is 0 Å². The summed E-state index contributed by atoms with van der Waals surface area (Å²) in [5.74, 6) is 0.183. The summed E-state index contributed by atoms with van der Waals surface area (Å²) >= 11 is 0. The third-order valence-corrected chi connectivity index (χ3v) is 4.58. The van der Waals surface area contributed by atoms with Crippen LogP contribution in [0.2, 0.25) is 0 Å². The van der Waals surface area contributed by atoms with Gasteiger partial charge in [0.1, 0.15) is 5.69 Å². The molecule has 0 radical (unpaired) electrons. The van der Waals surface area contributed by atoms with Crippen molar-refractivity contribution in [3.05, 3.63) is 35.0 Å². The van der Waals surface area contributed by atoms with Crippen LogP contribution in [0.15, 0.2) is 18.2 Å². The maximum Gasteiger partial charge on any atom is 0.270 e. The van der Waals surface area contributed by atoms with Crippen molar-refractivity contribution in [2.45, 2.75) is 60.4 Å². The van der Waals surface area contributed by atoms with Crippen LogP contribution in [0.3, 0.4) is 0 Å². The SMILES string of the molecule is CCCN(CCC)C(=O)c1c(C)c2cc(CC)ccc2n1CC. The Hall–Kier alpha value is -1.77. The van der Waals surface area contributed by atoms with Gasteiger partial charge in [-0.05, 0) is 56.4 Å². The Morgan fingerprint density at radius 2 is 1.74 bits per heavy atom. The monoisotopic (exact) mass is 314 g/mol. The van der Waals surface area contributed by atoms with Crippen molar-refractivity contribution in [2.24, 2.45) is 0 Å². The number of aryl methyl sites for hydroxylation is 3. The molecule has 3 heteroatoms. The van der Waals surface area contributed by atoms with Crippen LogP contribution >= 0.6 is 0 Å². The quantitative estimate of drug-likeness (QED) is 0.721. The Kier molecular flexibility index (Phi) is 5.86. The molecule has 0 atom stereocenters. The molecule has 1 amide bonds. The maximum absolute atomic E-state index is 13.2. The summed E-state index contributed by atoms with van der Waals surface area (Å²) in [5.41, 5.74) is 4.50. The molecule has 0 fully saturated rings. The van der Waals surface area contributed by atoms with E-state index in [9.17, 15) is 4.79 Å². The van der Waals surface area contributed by atoms with Crippen molar-refractivity contribution in [1.82, 2.24) is 9.47 Å². The van der Waals surface area contributed by atoms with Gasteiger partial charge in [-0.15, -0.1) is 0 Å². The van der Waals surface area contributed by atoms with Crippen LogP contribution in [0.4, 0.5) is 0 Å². The Balaban J connectivity index is 2.58. The summed E-state index contributed by atoms with van der Waals surface area (Å²) in [7, 11) is 0. The molecule has 1 aromatic carbocycles. The molecule has 23 heavy (non-hydrogen) atoms. The van der Waals surface area contributed by atoms with E-state index in [0.29, 0.717) is 0 Å². The number of nitrogens with zero attached hydrogens (tertiary/aromatic N) is 2. The Morgan fingerprint density at radius 3 is 2.26 bits per heavy atom. The Labute approximate surface area is 140 Å². The van der Waals surface area contributed by atoms with Crippen LogP contribution in [0, 0.1) is 6.92 Å². The molecule has 0 saturated carbocycles. The summed E-state index contributed by atoms with van der Waals surface area (Å²) in [6.45, 7) is 13.1. The second-order valence-electron chi connectivity index (χ2n) is 6.22. The molecule has 0 aliphatic rings. The molecule has 1 heterocycles. The van der Waals surface area contributed by atoms with E-state index in [2.05, 4.69) is 57.4 Å². The number of aromatic nitrogens is 1. The molecular formula is C20H30N2O. The molecule has 0 aliphatic heterocycles. The number of amides is 1. The van der Waals surface area contributed by atoms with Crippen LogP contribution in [0.1, 0.15) is 62.2 Å². The summed E-state index contributed by atoms with van der Waals surface area (Å²) in [4.78, 5) is 15.2. The summed E-state index contributed by atoms with van der Waals surface area (Å²) in [6.07, 6.45) is 3.02. The predicted octanol–water partition coefficient (Wildman–Crippen LogP) is 4.79. The fraction of sp³-hybridized carbons (Fsp3) is 0.550. The smallest absolute Gasteiger partial charge is 0.270 e. The maximum atomic E-state index is 13.2. The third-order valence-electron chi connectivity index (χ3n) is 4.58. The second kappa shape index (κ2) is 7.67. The normalized spacial score (nSPS) is 11.2. The van der Waals surface area contributed by atoms with E-state index in [-0.39, 0.29) is 5.91 Å². The van der Waals surface area contributed by atoms with Gasteiger partial charge in [-0.25, -0.2) is 0 Å². The second-order valence-corrected chi connectivity index (χ2v) is 6.22. The lowest BCUT2D eigenvalue weighted by molar-refractivity contribution is 0.0744. The van der Waals surface area contributed by atoms with E-state index in [1.165, 1.54) is 16.5 Å². The van der Waals surface area contributed by atoms with Crippen molar-refractivity contribution < 1.29 is 4.79 Å². The van der Waals surface area contributed by atoms with Crippen LogP contribution in [-0.2, 0) is 13.0 Å². The number of benzene rings is 1. The first-order valence-electron chi connectivity index (χ1n) is 8.99. The van der Waals surface area contributed by atoms with E-state index in [1.54, 1.807) is 0 Å². The average Bonchev–Trinajstić information content (AvgIpc) is 2.85. The Bertz CT molecular complexity index is 678. The van der Waals surface area contributed by atoms with Gasteiger partial charge in [-0.2, -0.15) is 0 Å². The lowest BCUT2D eigenvalue weighted by Gasteiger charge is -2.22. The van der Waals surface area contributed by atoms with Gasteiger partial charge in [-0.1, -0.05) is 26.8 Å². The molecule has 0 bridgehead atoms. The van der Waals surface area contributed by atoms with Crippen molar-refractivity contribution in [1.29, 1.82) is 0 Å². The molecule has 2 rings (SSSR count). The van der Waals surface area contributed by atoms with E-state index >= 15 is 0 Å². The first-order valence-corrected chi connectivity index (χ1v) is 8.99. The number of carbonyl (C=O) groups excluding carboxylic acids is 1. The fourth-order valence-electron chi connectivity index (χ4n) is 3.40. The number of rotatable bonds is 7. The highest BCUT2D eigenvalue weighted by Gasteiger charge is 2.23. The summed E-state index contributed by atoms with van der Waals surface area (Å²) in [5, 5.41) is 1.22. The lowest BCUT2D eigenvalue weighted by Crippen LogP contribution is -2.34. The van der Waals surface area contributed by atoms with E-state index in [4.69, 9.17) is 0 Å². The van der Waals surface area contributed by atoms with Gasteiger partial charge in [-0.3, -0.25) is 4.79 Å². The average molecular weight is 314 g/mol. The standard InChI is InChI=1S/C20H30N2O/c1-6-12-21(13-7-2)20(23)19-15(5)17-14-16(8-3)10-11-18(17)22(19)9-4/h10-11,14H,6-9,12-13H2,1-5H3. The minimum absolute atomic E-state index is 0.183. The highest BCUT2D eigenvalue weighted by Crippen LogP contribution is 2.28. The fourth-order valence-corrected chi connectivity index (χ4v) is 3.40. The molecule has 3 nitrogen and oxygen atoms in total. The first kappa shape index (κ1) is 17.6. The number of fused-ring (bicyclic) bond motifs is 1. The molecule has 0 saturated heterocycles. The number of hydrogen-bond acceptors (Lipinski definition) is 1. The Morgan fingerprint density at radius 1 is 1.09 bits per heavy atom. The number of hydrogen-bond donors (Lipinski definition) is 0. The van der Waals surface area contributed by atoms with Crippen molar-refractivity contribution in [3.8, 4) is 0 Å². The van der Waals surface area contributed by atoms with Crippen LogP contribution in [0.5, 0.6) is 0 Å². The molecule has 0 N–H and O–H groups in total. The number of carbonyl (C=O) groups is 1. The third kappa shape index (κ3) is 3.29. The van der Waals surface area contributed by atoms with Crippen molar-refractivity contribution >= 4 is 16.8 Å². The van der Waals surface area contributed by atoms with Gasteiger partial charge in [0, 0.05) is 30.5 Å². The molecular weight excluding hydrogens is 284 g/mol. The highest BCUT2D eigenvalue weighted by atomic mass is 16.2. The first-order chi connectivity index (χ1) is 11.1. The molecule has 126 valence electrons. The van der Waals surface area contributed by atoms with Gasteiger partial charge in [0.25, 0.3) is 5.91 Å². The molecule has 0 unspecified atom stereocenters. The van der Waals surface area contributed by atoms with E-state index in [1.807, 2.05) is 4.90 Å². The molecule has 0 spiro atoms. The van der Waals surface area contributed by atoms with Crippen LogP contribution in [-0.4, -0.2) is 28.5 Å². The minimum atomic E-state index is 0.183. The van der Waals surface area contributed by atoms with Gasteiger partial charge < -0.3 is 9.47 Å². The molecule has 2 aromatic rings. The largest absolute Gasteiger partial charge is 0.337 e. The topological polar surface area (TPSA) is 25.2 Å². The minimum Gasteiger partial charge on any atom is -0.337 e. The van der Waals surface area contributed by atoms with E-state index in [0.717, 1.165) is 50.2 Å². The zero-order valence-electron chi connectivity index (χ0n) is 15.3. The van der Waals surface area contributed by atoms with Crippen LogP contribution in [0.25, 0.3) is 10.9 Å². The summed E-state index contributed by atoms with van der Waals surface area (Å²) in [6, 6.07) is 6.60. The van der Waals surface area contributed by atoms with Gasteiger partial charge in [0.05, 0.1) is 0 Å². The van der Waals surface area contributed by atoms with E-state index < -0.39 is 0 Å². The van der Waals surface area contributed by atoms with Gasteiger partial charge in [0.15, 0.2) is 0 Å². The van der Waals surface area contributed by atoms with Crippen LogP contribution < -0.4 is 0 Å². The van der Waals surface area contributed by atoms with Gasteiger partial charge >= 0.3 is 0 Å². The summed E-state index contributed by atoms with van der Waals surface area (Å²) < 4.78 is 2.19. The zero-order chi connectivity index (χ0) is 17.0. The lowest BCUT2D eigenvalue weighted by atomic mass is 10.1.